The number of carbonyl (C=O) groups excluding carboxylic acids is 1. The number of hydrogen-bond acceptors (Lipinski definition) is 3. The first-order valence-electron chi connectivity index (χ1n) is 7.79. The van der Waals surface area contributed by atoms with E-state index in [0.717, 1.165) is 25.7 Å². The topological polar surface area (TPSA) is 69.6 Å². The highest BCUT2D eigenvalue weighted by Gasteiger charge is 2.39. The number of nitrogens with zero attached hydrogens (tertiary/aromatic N) is 1. The molecule has 20 heavy (non-hydrogen) atoms. The van der Waals surface area contributed by atoms with Gasteiger partial charge in [0.05, 0.1) is 6.04 Å². The lowest BCUT2D eigenvalue weighted by Crippen LogP contribution is -2.57. The van der Waals surface area contributed by atoms with Crippen LogP contribution in [0.15, 0.2) is 0 Å². The first-order valence-corrected chi connectivity index (χ1v) is 7.79. The van der Waals surface area contributed by atoms with E-state index in [1.54, 1.807) is 0 Å². The van der Waals surface area contributed by atoms with E-state index in [0.29, 0.717) is 6.54 Å². The summed E-state index contributed by atoms with van der Waals surface area (Å²) in [6.45, 7) is 4.49. The van der Waals surface area contributed by atoms with Gasteiger partial charge in [0.2, 0.25) is 5.91 Å². The fourth-order valence-electron chi connectivity index (χ4n) is 3.58. The lowest BCUT2D eigenvalue weighted by atomic mass is 9.89. The predicted octanol–water partition coefficient (Wildman–Crippen LogP) is 1.62. The van der Waals surface area contributed by atoms with E-state index >= 15 is 0 Å². The van der Waals surface area contributed by atoms with Crippen molar-refractivity contribution in [2.45, 2.75) is 70.5 Å². The molecule has 114 valence electrons. The van der Waals surface area contributed by atoms with Gasteiger partial charge in [0.1, 0.15) is 6.04 Å². The van der Waals surface area contributed by atoms with Crippen molar-refractivity contribution >= 4 is 11.9 Å². The zero-order chi connectivity index (χ0) is 14.7. The molecule has 1 saturated heterocycles. The molecule has 1 aliphatic heterocycles. The Hall–Kier alpha value is -1.10. The van der Waals surface area contributed by atoms with Gasteiger partial charge in [-0.25, -0.2) is 0 Å². The normalized spacial score (nSPS) is 30.1. The standard InChI is InChI=1S/C15H26N2O3/c1-10-6-5-9-17(13(10)15(19)20)11(2)14(18)16-12-7-3-4-8-12/h10-13H,3-9H2,1-2H3,(H,16,18)(H,19,20). The summed E-state index contributed by atoms with van der Waals surface area (Å²) in [4.78, 5) is 25.7. The minimum absolute atomic E-state index is 0.0164. The Morgan fingerprint density at radius 2 is 1.85 bits per heavy atom. The van der Waals surface area contributed by atoms with Gasteiger partial charge in [0, 0.05) is 6.04 Å². The molecule has 0 bridgehead atoms. The van der Waals surface area contributed by atoms with Crippen LogP contribution < -0.4 is 5.32 Å². The molecule has 0 aromatic carbocycles. The largest absolute Gasteiger partial charge is 0.480 e. The van der Waals surface area contributed by atoms with E-state index in [9.17, 15) is 14.7 Å². The molecule has 2 rings (SSSR count). The van der Waals surface area contributed by atoms with Crippen molar-refractivity contribution in [2.75, 3.05) is 6.54 Å². The molecule has 2 aliphatic rings. The van der Waals surface area contributed by atoms with E-state index in [1.807, 2.05) is 18.7 Å². The number of piperidine rings is 1. The second-order valence-corrected chi connectivity index (χ2v) is 6.31. The van der Waals surface area contributed by atoms with Crippen LogP contribution in [-0.2, 0) is 9.59 Å². The van der Waals surface area contributed by atoms with Crippen LogP contribution in [0.3, 0.4) is 0 Å². The van der Waals surface area contributed by atoms with Crippen LogP contribution in [0, 0.1) is 5.92 Å². The van der Waals surface area contributed by atoms with Crippen LogP contribution in [0.5, 0.6) is 0 Å². The van der Waals surface area contributed by atoms with Gasteiger partial charge in [-0.05, 0) is 45.1 Å². The maximum atomic E-state index is 12.3. The molecule has 1 heterocycles. The van der Waals surface area contributed by atoms with E-state index in [1.165, 1.54) is 12.8 Å². The van der Waals surface area contributed by atoms with Gasteiger partial charge in [-0.1, -0.05) is 19.8 Å². The highest BCUT2D eigenvalue weighted by atomic mass is 16.4. The third kappa shape index (κ3) is 3.32. The Morgan fingerprint density at radius 1 is 1.20 bits per heavy atom. The summed E-state index contributed by atoms with van der Waals surface area (Å²) in [7, 11) is 0. The van der Waals surface area contributed by atoms with Gasteiger partial charge >= 0.3 is 5.97 Å². The van der Waals surface area contributed by atoms with Crippen LogP contribution in [-0.4, -0.2) is 46.6 Å². The minimum atomic E-state index is -0.808. The zero-order valence-electron chi connectivity index (χ0n) is 12.5. The first-order chi connectivity index (χ1) is 9.50. The average Bonchev–Trinajstić information content (AvgIpc) is 2.89. The number of aliphatic carboxylic acids is 1. The monoisotopic (exact) mass is 282 g/mol. The zero-order valence-corrected chi connectivity index (χ0v) is 12.5. The van der Waals surface area contributed by atoms with Crippen molar-refractivity contribution < 1.29 is 14.7 Å². The molecule has 0 spiro atoms. The number of carboxylic acid groups (broad SMARTS) is 1. The summed E-state index contributed by atoms with van der Waals surface area (Å²) in [5, 5.41) is 12.5. The van der Waals surface area contributed by atoms with Crippen molar-refractivity contribution in [3.63, 3.8) is 0 Å². The van der Waals surface area contributed by atoms with Gasteiger partial charge in [0.25, 0.3) is 0 Å². The van der Waals surface area contributed by atoms with E-state index < -0.39 is 12.0 Å². The fraction of sp³-hybridized carbons (Fsp3) is 0.867. The molecule has 1 saturated carbocycles. The molecule has 5 nitrogen and oxygen atoms in total. The maximum absolute atomic E-state index is 12.3. The van der Waals surface area contributed by atoms with E-state index in [4.69, 9.17) is 0 Å². The number of amides is 1. The summed E-state index contributed by atoms with van der Waals surface area (Å²) >= 11 is 0. The lowest BCUT2D eigenvalue weighted by molar-refractivity contribution is -0.149. The Morgan fingerprint density at radius 3 is 2.45 bits per heavy atom. The molecule has 3 atom stereocenters. The van der Waals surface area contributed by atoms with Gasteiger partial charge < -0.3 is 10.4 Å². The maximum Gasteiger partial charge on any atom is 0.321 e. The fourth-order valence-corrected chi connectivity index (χ4v) is 3.58. The number of rotatable bonds is 4. The Kier molecular flexibility index (Phi) is 5.02. The number of hydrogen-bond donors (Lipinski definition) is 2. The van der Waals surface area contributed by atoms with Crippen molar-refractivity contribution in [3.8, 4) is 0 Å². The molecule has 0 radical (unpaired) electrons. The van der Waals surface area contributed by atoms with Gasteiger partial charge in [-0.3, -0.25) is 14.5 Å². The molecule has 2 fully saturated rings. The van der Waals surface area contributed by atoms with E-state index in [2.05, 4.69) is 5.32 Å². The summed E-state index contributed by atoms with van der Waals surface area (Å²) < 4.78 is 0. The summed E-state index contributed by atoms with van der Waals surface area (Å²) in [6, 6.07) is -0.608. The Bertz CT molecular complexity index is 366. The van der Waals surface area contributed by atoms with Crippen molar-refractivity contribution in [1.82, 2.24) is 10.2 Å². The second kappa shape index (κ2) is 6.57. The smallest absolute Gasteiger partial charge is 0.321 e. The van der Waals surface area contributed by atoms with Crippen molar-refractivity contribution in [2.24, 2.45) is 5.92 Å². The molecule has 2 N–H and O–H groups in total. The molecule has 1 amide bonds. The minimum Gasteiger partial charge on any atom is -0.480 e. The molecule has 0 aromatic rings. The van der Waals surface area contributed by atoms with Crippen molar-refractivity contribution in [1.29, 1.82) is 0 Å². The van der Waals surface area contributed by atoms with Gasteiger partial charge in [0.15, 0.2) is 0 Å². The van der Waals surface area contributed by atoms with Crippen LogP contribution in [0.2, 0.25) is 0 Å². The molecule has 0 aromatic heterocycles. The van der Waals surface area contributed by atoms with Crippen LogP contribution >= 0.6 is 0 Å². The second-order valence-electron chi connectivity index (χ2n) is 6.31. The lowest BCUT2D eigenvalue weighted by Gasteiger charge is -2.40. The predicted molar refractivity (Wildman–Crippen MR) is 76.4 cm³/mol. The number of carboxylic acids is 1. The summed E-state index contributed by atoms with van der Waals surface area (Å²) in [5.41, 5.74) is 0. The summed E-state index contributed by atoms with van der Waals surface area (Å²) in [6.07, 6.45) is 6.35. The van der Waals surface area contributed by atoms with Gasteiger partial charge in [-0.15, -0.1) is 0 Å². The quantitative estimate of drug-likeness (QED) is 0.822. The Labute approximate surface area is 120 Å². The Balaban J connectivity index is 1.99. The molecular weight excluding hydrogens is 256 g/mol. The first kappa shape index (κ1) is 15.3. The molecule has 3 unspecified atom stereocenters. The van der Waals surface area contributed by atoms with Gasteiger partial charge in [-0.2, -0.15) is 0 Å². The highest BCUT2D eigenvalue weighted by Crippen LogP contribution is 2.26. The number of likely N-dealkylation sites (tertiary alicyclic amines) is 1. The number of nitrogens with one attached hydrogen (secondary N) is 1. The van der Waals surface area contributed by atoms with Crippen LogP contribution in [0.4, 0.5) is 0 Å². The third-order valence-corrected chi connectivity index (χ3v) is 4.80. The molecule has 5 heteroatoms. The molecular formula is C15H26N2O3. The highest BCUT2D eigenvalue weighted by molar-refractivity contribution is 5.83. The van der Waals surface area contributed by atoms with Crippen LogP contribution in [0.1, 0.15) is 52.4 Å². The SMILES string of the molecule is CC1CCCN(C(C)C(=O)NC2CCCC2)C1C(=O)O. The van der Waals surface area contributed by atoms with Crippen molar-refractivity contribution in [3.05, 3.63) is 0 Å². The number of carbonyl (C=O) groups is 2. The van der Waals surface area contributed by atoms with Crippen LogP contribution in [0.25, 0.3) is 0 Å². The third-order valence-electron chi connectivity index (χ3n) is 4.80. The summed E-state index contributed by atoms with van der Waals surface area (Å²) in [5.74, 6) is -0.724. The average molecular weight is 282 g/mol. The molecule has 1 aliphatic carbocycles. The van der Waals surface area contributed by atoms with E-state index in [-0.39, 0.29) is 23.9 Å².